The minimum Gasteiger partial charge on any atom is -0.488 e. The van der Waals surface area contributed by atoms with Crippen molar-refractivity contribution in [3.63, 3.8) is 0 Å². The van der Waals surface area contributed by atoms with Crippen LogP contribution in [0.3, 0.4) is 0 Å². The first-order valence-corrected chi connectivity index (χ1v) is 10.6. The van der Waals surface area contributed by atoms with Gasteiger partial charge in [0.2, 0.25) is 0 Å². The van der Waals surface area contributed by atoms with Gasteiger partial charge in [-0.05, 0) is 31.0 Å². The summed E-state index contributed by atoms with van der Waals surface area (Å²) in [5.41, 5.74) is 1.49. The van der Waals surface area contributed by atoms with Gasteiger partial charge in [-0.2, -0.15) is 0 Å². The van der Waals surface area contributed by atoms with Gasteiger partial charge in [-0.1, -0.05) is 41.9 Å². The minimum atomic E-state index is 0.0102. The number of ether oxygens (including phenoxy) is 1. The zero-order chi connectivity index (χ0) is 19.3. The highest BCUT2D eigenvalue weighted by Gasteiger charge is 2.28. The highest BCUT2D eigenvalue weighted by atomic mass is 35.5. The Morgan fingerprint density at radius 1 is 1.21 bits per heavy atom. The van der Waals surface area contributed by atoms with Crippen LogP contribution >= 0.6 is 22.9 Å². The molecule has 2 aromatic carbocycles. The first kappa shape index (κ1) is 19.0. The van der Waals surface area contributed by atoms with Crippen LogP contribution in [-0.2, 0) is 6.61 Å². The minimum absolute atomic E-state index is 0.0102. The topological polar surface area (TPSA) is 42.4 Å². The molecule has 2 heterocycles. The van der Waals surface area contributed by atoms with Gasteiger partial charge in [-0.15, -0.1) is 11.3 Å². The van der Waals surface area contributed by atoms with Gasteiger partial charge >= 0.3 is 0 Å². The van der Waals surface area contributed by atoms with E-state index < -0.39 is 0 Å². The summed E-state index contributed by atoms with van der Waals surface area (Å²) in [5, 5.41) is 3.77. The molecule has 1 aliphatic rings. The summed E-state index contributed by atoms with van der Waals surface area (Å²) in [5.74, 6) is 0.911. The Morgan fingerprint density at radius 3 is 2.86 bits per heavy atom. The van der Waals surface area contributed by atoms with Gasteiger partial charge < -0.3 is 9.64 Å². The maximum absolute atomic E-state index is 13.2. The molecule has 0 spiro atoms. The van der Waals surface area contributed by atoms with Crippen molar-refractivity contribution < 1.29 is 9.53 Å². The van der Waals surface area contributed by atoms with Crippen molar-refractivity contribution >= 4 is 28.8 Å². The van der Waals surface area contributed by atoms with Crippen LogP contribution in [0.15, 0.2) is 60.1 Å². The third-order valence-corrected chi connectivity index (χ3v) is 6.27. The van der Waals surface area contributed by atoms with E-state index in [2.05, 4.69) is 4.98 Å². The van der Waals surface area contributed by atoms with Gasteiger partial charge in [-0.25, -0.2) is 4.98 Å². The summed E-state index contributed by atoms with van der Waals surface area (Å²) in [6, 6.07) is 15.0. The molecule has 1 amide bonds. The maximum atomic E-state index is 13.2. The van der Waals surface area contributed by atoms with E-state index in [0.29, 0.717) is 35.4 Å². The Bertz CT molecular complexity index is 945. The van der Waals surface area contributed by atoms with Gasteiger partial charge in [-0.3, -0.25) is 4.79 Å². The number of carbonyl (C=O) groups is 1. The van der Waals surface area contributed by atoms with E-state index in [1.807, 2.05) is 65.0 Å². The van der Waals surface area contributed by atoms with E-state index >= 15 is 0 Å². The van der Waals surface area contributed by atoms with Crippen LogP contribution in [0.25, 0.3) is 0 Å². The fourth-order valence-electron chi connectivity index (χ4n) is 3.51. The number of amides is 1. The smallest absolute Gasteiger partial charge is 0.257 e. The van der Waals surface area contributed by atoms with Crippen molar-refractivity contribution in [2.75, 3.05) is 13.1 Å². The van der Waals surface area contributed by atoms with Crippen molar-refractivity contribution in [1.29, 1.82) is 0 Å². The molecule has 1 aromatic heterocycles. The Kier molecular flexibility index (Phi) is 5.93. The van der Waals surface area contributed by atoms with E-state index in [1.165, 1.54) is 0 Å². The number of para-hydroxylation sites is 1. The van der Waals surface area contributed by atoms with Crippen molar-refractivity contribution in [3.05, 3.63) is 81.3 Å². The summed E-state index contributed by atoms with van der Waals surface area (Å²) in [6.07, 6.45) is 3.89. The second-order valence-electron chi connectivity index (χ2n) is 6.84. The van der Waals surface area contributed by atoms with Crippen molar-refractivity contribution in [2.45, 2.75) is 25.4 Å². The predicted molar refractivity (Wildman–Crippen MR) is 112 cm³/mol. The molecule has 28 heavy (non-hydrogen) atoms. The highest BCUT2D eigenvalue weighted by Crippen LogP contribution is 2.30. The summed E-state index contributed by atoms with van der Waals surface area (Å²) in [4.78, 5) is 19.6. The maximum Gasteiger partial charge on any atom is 0.257 e. The molecule has 1 fully saturated rings. The summed E-state index contributed by atoms with van der Waals surface area (Å²) < 4.78 is 5.97. The number of piperidine rings is 1. The lowest BCUT2D eigenvalue weighted by atomic mass is 9.98. The molecule has 4 nitrogen and oxygen atoms in total. The van der Waals surface area contributed by atoms with Crippen molar-refractivity contribution in [1.82, 2.24) is 9.88 Å². The molecule has 0 aliphatic carbocycles. The SMILES string of the molecule is O=C(c1ccccc1OCc1ccccc1Cl)N1CCCC(c2nccs2)C1. The molecule has 1 aliphatic heterocycles. The van der Waals surface area contributed by atoms with Gasteiger partial charge in [0, 0.05) is 41.2 Å². The fraction of sp³-hybridized carbons (Fsp3) is 0.273. The average Bonchev–Trinajstić information content (AvgIpc) is 3.28. The second kappa shape index (κ2) is 8.76. The predicted octanol–water partition coefficient (Wildman–Crippen LogP) is 5.40. The first-order valence-electron chi connectivity index (χ1n) is 9.36. The summed E-state index contributed by atoms with van der Waals surface area (Å²) in [7, 11) is 0. The molecule has 4 rings (SSSR count). The quantitative estimate of drug-likeness (QED) is 0.563. The fourth-order valence-corrected chi connectivity index (χ4v) is 4.47. The molecule has 1 saturated heterocycles. The van der Waals surface area contributed by atoms with Crippen LogP contribution in [0.2, 0.25) is 5.02 Å². The third kappa shape index (κ3) is 4.21. The lowest BCUT2D eigenvalue weighted by Gasteiger charge is -2.32. The molecule has 0 bridgehead atoms. The van der Waals surface area contributed by atoms with Crippen LogP contribution in [0.1, 0.15) is 39.7 Å². The van der Waals surface area contributed by atoms with E-state index in [-0.39, 0.29) is 5.91 Å². The van der Waals surface area contributed by atoms with Crippen molar-refractivity contribution in [2.24, 2.45) is 0 Å². The number of rotatable bonds is 5. The number of aromatic nitrogens is 1. The van der Waals surface area contributed by atoms with Crippen molar-refractivity contribution in [3.8, 4) is 5.75 Å². The Labute approximate surface area is 173 Å². The molecule has 1 unspecified atom stereocenters. The number of thiazole rings is 1. The van der Waals surface area contributed by atoms with Gasteiger partial charge in [0.15, 0.2) is 0 Å². The van der Waals surface area contributed by atoms with E-state index in [9.17, 15) is 4.79 Å². The van der Waals surface area contributed by atoms with Crippen LogP contribution in [-0.4, -0.2) is 28.9 Å². The third-order valence-electron chi connectivity index (χ3n) is 4.97. The van der Waals surface area contributed by atoms with Crippen LogP contribution in [0.4, 0.5) is 0 Å². The van der Waals surface area contributed by atoms with Gasteiger partial charge in [0.1, 0.15) is 12.4 Å². The monoisotopic (exact) mass is 412 g/mol. The Morgan fingerprint density at radius 2 is 2.04 bits per heavy atom. The summed E-state index contributed by atoms with van der Waals surface area (Å²) in [6.45, 7) is 1.79. The number of benzene rings is 2. The van der Waals surface area contributed by atoms with Crippen LogP contribution in [0.5, 0.6) is 5.75 Å². The second-order valence-corrected chi connectivity index (χ2v) is 8.17. The summed E-state index contributed by atoms with van der Waals surface area (Å²) >= 11 is 7.88. The molecule has 1 atom stereocenters. The number of nitrogens with zero attached hydrogens (tertiary/aromatic N) is 2. The number of halogens is 1. The lowest BCUT2D eigenvalue weighted by Crippen LogP contribution is -2.39. The number of hydrogen-bond donors (Lipinski definition) is 0. The normalized spacial score (nSPS) is 16.8. The molecule has 3 aromatic rings. The van der Waals surface area contributed by atoms with Crippen LogP contribution in [0, 0.1) is 0 Å². The van der Waals surface area contributed by atoms with E-state index in [0.717, 1.165) is 30.0 Å². The molecule has 0 saturated carbocycles. The lowest BCUT2D eigenvalue weighted by molar-refractivity contribution is 0.0702. The Hall–Kier alpha value is -2.37. The average molecular weight is 413 g/mol. The highest BCUT2D eigenvalue weighted by molar-refractivity contribution is 7.09. The zero-order valence-corrected chi connectivity index (χ0v) is 17.0. The molecule has 0 N–H and O–H groups in total. The standard InChI is InChI=1S/C22H21ClN2O2S/c23-19-9-3-1-6-17(19)15-27-20-10-4-2-8-18(20)22(26)25-12-5-7-16(14-25)21-24-11-13-28-21/h1-4,6,8-11,13,16H,5,7,12,14-15H2. The molecular formula is C22H21ClN2O2S. The van der Waals surface area contributed by atoms with Crippen LogP contribution < -0.4 is 4.74 Å². The largest absolute Gasteiger partial charge is 0.488 e. The first-order chi connectivity index (χ1) is 13.7. The van der Waals surface area contributed by atoms with E-state index in [4.69, 9.17) is 16.3 Å². The molecular weight excluding hydrogens is 392 g/mol. The van der Waals surface area contributed by atoms with E-state index in [1.54, 1.807) is 11.3 Å². The molecule has 0 radical (unpaired) electrons. The molecule has 144 valence electrons. The number of carbonyl (C=O) groups excluding carboxylic acids is 1. The Balaban J connectivity index is 1.49. The van der Waals surface area contributed by atoms with Gasteiger partial charge in [0.05, 0.1) is 10.6 Å². The zero-order valence-electron chi connectivity index (χ0n) is 15.4. The van der Waals surface area contributed by atoms with Gasteiger partial charge in [0.25, 0.3) is 5.91 Å². The number of hydrogen-bond acceptors (Lipinski definition) is 4. The number of likely N-dealkylation sites (tertiary alicyclic amines) is 1. The molecule has 6 heteroatoms.